The summed E-state index contributed by atoms with van der Waals surface area (Å²) in [6.07, 6.45) is 0. The van der Waals surface area contributed by atoms with Crippen molar-refractivity contribution in [3.63, 3.8) is 0 Å². The van der Waals surface area contributed by atoms with Crippen molar-refractivity contribution in [1.82, 2.24) is 0 Å². The van der Waals surface area contributed by atoms with Crippen LogP contribution in [0.2, 0.25) is 0 Å². The third-order valence-electron chi connectivity index (χ3n) is 2.97. The van der Waals surface area contributed by atoms with Crippen molar-refractivity contribution in [2.45, 2.75) is 13.5 Å². The first kappa shape index (κ1) is 14.0. The van der Waals surface area contributed by atoms with Gasteiger partial charge in [-0.3, -0.25) is 4.79 Å². The lowest BCUT2D eigenvalue weighted by molar-refractivity contribution is 0.1000. The predicted octanol–water partition coefficient (Wildman–Crippen LogP) is 2.98. The fraction of sp³-hybridized carbons (Fsp3) is 0.133. The van der Waals surface area contributed by atoms with E-state index in [0.29, 0.717) is 16.8 Å². The molecule has 2 aromatic rings. The second-order valence-electron chi connectivity index (χ2n) is 4.49. The molecule has 0 saturated heterocycles. The lowest BCUT2D eigenvalue weighted by Crippen LogP contribution is -2.12. The summed E-state index contributed by atoms with van der Waals surface area (Å²) in [5.41, 5.74) is 6.90. The van der Waals surface area contributed by atoms with Crippen molar-refractivity contribution in [3.8, 4) is 0 Å². The summed E-state index contributed by atoms with van der Waals surface area (Å²) in [4.78, 5) is 11.1. The van der Waals surface area contributed by atoms with E-state index in [-0.39, 0.29) is 17.9 Å². The minimum Gasteiger partial charge on any atom is -0.381 e. The molecule has 0 saturated carbocycles. The molecule has 1 amide bonds. The normalized spacial score (nSPS) is 10.3. The van der Waals surface area contributed by atoms with Crippen LogP contribution in [-0.4, -0.2) is 5.91 Å². The Kier molecular flexibility index (Phi) is 3.98. The number of halogens is 2. The Balaban J connectivity index is 2.15. The fourth-order valence-electron chi connectivity index (χ4n) is 1.82. The molecule has 0 heterocycles. The predicted molar refractivity (Wildman–Crippen MR) is 73.4 cm³/mol. The minimum atomic E-state index is -0.608. The van der Waals surface area contributed by atoms with Gasteiger partial charge in [0.1, 0.15) is 11.6 Å². The molecule has 5 heteroatoms. The highest BCUT2D eigenvalue weighted by molar-refractivity contribution is 5.92. The third-order valence-corrected chi connectivity index (χ3v) is 2.97. The second-order valence-corrected chi connectivity index (χ2v) is 4.49. The molecule has 0 unspecified atom stereocenters. The Morgan fingerprint density at radius 3 is 2.50 bits per heavy atom. The number of primary amides is 1. The zero-order chi connectivity index (χ0) is 14.7. The van der Waals surface area contributed by atoms with Crippen LogP contribution in [0.5, 0.6) is 0 Å². The van der Waals surface area contributed by atoms with Crippen LogP contribution >= 0.6 is 0 Å². The van der Waals surface area contributed by atoms with E-state index in [9.17, 15) is 13.6 Å². The number of anilines is 1. The number of hydrogen-bond acceptors (Lipinski definition) is 2. The number of nitrogens with one attached hydrogen (secondary N) is 1. The number of rotatable bonds is 4. The van der Waals surface area contributed by atoms with E-state index in [4.69, 9.17) is 5.73 Å². The summed E-state index contributed by atoms with van der Waals surface area (Å²) >= 11 is 0. The van der Waals surface area contributed by atoms with Gasteiger partial charge in [-0.05, 0) is 48.9 Å². The van der Waals surface area contributed by atoms with E-state index in [1.54, 1.807) is 19.1 Å². The lowest BCUT2D eigenvalue weighted by Gasteiger charge is -2.09. The van der Waals surface area contributed by atoms with Crippen LogP contribution in [0.4, 0.5) is 14.5 Å². The molecule has 0 aliphatic heterocycles. The average molecular weight is 276 g/mol. The van der Waals surface area contributed by atoms with E-state index in [0.717, 1.165) is 0 Å². The standard InChI is InChI=1S/C15H14F2N2O/c1-9-6-12(3-5-13(9)16)19-8-11-7-10(15(18)20)2-4-14(11)17/h2-7,19H,8H2,1H3,(H2,18,20). The molecule has 0 spiro atoms. The molecule has 0 fully saturated rings. The molecule has 2 aromatic carbocycles. The van der Waals surface area contributed by atoms with Crippen molar-refractivity contribution in [1.29, 1.82) is 0 Å². The molecule has 0 aromatic heterocycles. The highest BCUT2D eigenvalue weighted by atomic mass is 19.1. The summed E-state index contributed by atoms with van der Waals surface area (Å²) in [5.74, 6) is -1.33. The van der Waals surface area contributed by atoms with Gasteiger partial charge < -0.3 is 11.1 Å². The summed E-state index contributed by atoms with van der Waals surface area (Å²) in [7, 11) is 0. The number of amides is 1. The van der Waals surface area contributed by atoms with E-state index < -0.39 is 11.7 Å². The molecule has 20 heavy (non-hydrogen) atoms. The molecule has 0 radical (unpaired) electrons. The van der Waals surface area contributed by atoms with Gasteiger partial charge in [0, 0.05) is 23.4 Å². The number of benzene rings is 2. The Bertz CT molecular complexity index is 656. The van der Waals surface area contributed by atoms with E-state index >= 15 is 0 Å². The molecule has 0 aliphatic rings. The quantitative estimate of drug-likeness (QED) is 0.902. The zero-order valence-corrected chi connectivity index (χ0v) is 10.9. The number of aryl methyl sites for hydroxylation is 1. The molecule has 0 bridgehead atoms. The maximum atomic E-state index is 13.6. The van der Waals surface area contributed by atoms with E-state index in [1.807, 2.05) is 0 Å². The number of carbonyl (C=O) groups is 1. The van der Waals surface area contributed by atoms with Gasteiger partial charge in [0.2, 0.25) is 5.91 Å². The average Bonchev–Trinajstić information content (AvgIpc) is 2.41. The van der Waals surface area contributed by atoms with Gasteiger partial charge in [-0.25, -0.2) is 8.78 Å². The van der Waals surface area contributed by atoms with Gasteiger partial charge in [-0.15, -0.1) is 0 Å². The van der Waals surface area contributed by atoms with Crippen LogP contribution in [-0.2, 0) is 6.54 Å². The van der Waals surface area contributed by atoms with Crippen molar-refractivity contribution < 1.29 is 13.6 Å². The van der Waals surface area contributed by atoms with Crippen LogP contribution in [0.25, 0.3) is 0 Å². The first-order chi connectivity index (χ1) is 9.47. The fourth-order valence-corrected chi connectivity index (χ4v) is 1.82. The van der Waals surface area contributed by atoms with E-state index in [2.05, 4.69) is 5.32 Å². The van der Waals surface area contributed by atoms with Crippen LogP contribution in [0.1, 0.15) is 21.5 Å². The SMILES string of the molecule is Cc1cc(NCc2cc(C(N)=O)ccc2F)ccc1F. The van der Waals surface area contributed by atoms with Gasteiger partial charge >= 0.3 is 0 Å². The molecule has 3 nitrogen and oxygen atoms in total. The molecule has 2 rings (SSSR count). The van der Waals surface area contributed by atoms with Crippen LogP contribution in [0.15, 0.2) is 36.4 Å². The van der Waals surface area contributed by atoms with Gasteiger partial charge in [0.25, 0.3) is 0 Å². The summed E-state index contributed by atoms with van der Waals surface area (Å²) < 4.78 is 26.8. The van der Waals surface area contributed by atoms with Crippen LogP contribution in [0, 0.1) is 18.6 Å². The monoisotopic (exact) mass is 276 g/mol. The van der Waals surface area contributed by atoms with Crippen molar-refractivity contribution in [2.75, 3.05) is 5.32 Å². The summed E-state index contributed by atoms with van der Waals surface area (Å²) in [6.45, 7) is 1.83. The molecule has 0 atom stereocenters. The van der Waals surface area contributed by atoms with Crippen LogP contribution < -0.4 is 11.1 Å². The van der Waals surface area contributed by atoms with Gasteiger partial charge in [-0.1, -0.05) is 0 Å². The molecular weight excluding hydrogens is 262 g/mol. The van der Waals surface area contributed by atoms with Crippen molar-refractivity contribution >= 4 is 11.6 Å². The van der Waals surface area contributed by atoms with Gasteiger partial charge in [0.05, 0.1) is 0 Å². The number of nitrogens with two attached hydrogens (primary N) is 1. The lowest BCUT2D eigenvalue weighted by atomic mass is 10.1. The number of carbonyl (C=O) groups excluding carboxylic acids is 1. The molecular formula is C15H14F2N2O. The maximum absolute atomic E-state index is 13.6. The molecule has 0 aliphatic carbocycles. The Morgan fingerprint density at radius 1 is 1.15 bits per heavy atom. The Hall–Kier alpha value is -2.43. The van der Waals surface area contributed by atoms with E-state index in [1.165, 1.54) is 24.3 Å². The van der Waals surface area contributed by atoms with Gasteiger partial charge in [0.15, 0.2) is 0 Å². The largest absolute Gasteiger partial charge is 0.381 e. The highest BCUT2D eigenvalue weighted by Gasteiger charge is 2.07. The van der Waals surface area contributed by atoms with Gasteiger partial charge in [-0.2, -0.15) is 0 Å². The zero-order valence-electron chi connectivity index (χ0n) is 10.9. The van der Waals surface area contributed by atoms with Crippen molar-refractivity contribution in [3.05, 3.63) is 64.7 Å². The molecule has 104 valence electrons. The Labute approximate surface area is 115 Å². The molecule has 3 N–H and O–H groups in total. The first-order valence-corrected chi connectivity index (χ1v) is 6.05. The maximum Gasteiger partial charge on any atom is 0.248 e. The van der Waals surface area contributed by atoms with Crippen LogP contribution in [0.3, 0.4) is 0 Å². The summed E-state index contributed by atoms with van der Waals surface area (Å²) in [6, 6.07) is 8.48. The third kappa shape index (κ3) is 3.12. The minimum absolute atomic E-state index is 0.179. The second kappa shape index (κ2) is 5.69. The first-order valence-electron chi connectivity index (χ1n) is 6.05. The Morgan fingerprint density at radius 2 is 1.85 bits per heavy atom. The highest BCUT2D eigenvalue weighted by Crippen LogP contribution is 2.16. The summed E-state index contributed by atoms with van der Waals surface area (Å²) in [5, 5.41) is 2.98. The topological polar surface area (TPSA) is 55.1 Å². The smallest absolute Gasteiger partial charge is 0.248 e. The van der Waals surface area contributed by atoms with Crippen molar-refractivity contribution in [2.24, 2.45) is 5.73 Å². The number of hydrogen-bond donors (Lipinski definition) is 2.